The van der Waals surface area contributed by atoms with Gasteiger partial charge in [0.15, 0.2) is 16.1 Å². The zero-order chi connectivity index (χ0) is 55.2. The average Bonchev–Trinajstić information content (AvgIpc) is 3.52. The van der Waals surface area contributed by atoms with Crippen LogP contribution in [0.2, 0.25) is 0 Å². The van der Waals surface area contributed by atoms with E-state index in [-0.39, 0.29) is 62.0 Å². The first-order valence-electron chi connectivity index (χ1n) is 27.0. The van der Waals surface area contributed by atoms with Gasteiger partial charge in [0.05, 0.1) is 59.1 Å². The van der Waals surface area contributed by atoms with Crippen LogP contribution in [0.5, 0.6) is 0 Å². The first-order valence-corrected chi connectivity index (χ1v) is 28.8. The third kappa shape index (κ3) is 15.1. The lowest BCUT2D eigenvalue weighted by atomic mass is 9.68. The van der Waals surface area contributed by atoms with Gasteiger partial charge >= 0.3 is 5.97 Å². The number of hydrogen-bond donors (Lipinski definition) is 6. The Morgan fingerprint density at radius 3 is 2.27 bits per heavy atom. The van der Waals surface area contributed by atoms with E-state index in [1.165, 1.54) is 14.0 Å². The number of ether oxygens (including phenoxy) is 5. The molecule has 0 aromatic heterocycles. The molecule has 6 N–H and O–H groups in total. The van der Waals surface area contributed by atoms with Gasteiger partial charge in [0.25, 0.3) is 0 Å². The van der Waals surface area contributed by atoms with E-state index in [2.05, 4.69) is 5.32 Å². The molecule has 0 saturated carbocycles. The number of hydrogen-bond acceptors (Lipinski definition) is 17. The van der Waals surface area contributed by atoms with Gasteiger partial charge in [0, 0.05) is 69.8 Å². The number of likely N-dealkylation sites (N-methyl/N-ethyl adjacent to an activating group) is 2. The number of carbonyl (C=O) groups is 2. The van der Waals surface area contributed by atoms with Gasteiger partial charge in [0.2, 0.25) is 5.91 Å². The summed E-state index contributed by atoms with van der Waals surface area (Å²) in [5.41, 5.74) is -2.87. The van der Waals surface area contributed by atoms with E-state index in [1.54, 1.807) is 48.6 Å². The van der Waals surface area contributed by atoms with Crippen molar-refractivity contribution in [3.05, 3.63) is 29.8 Å². The van der Waals surface area contributed by atoms with Crippen LogP contribution in [0.3, 0.4) is 0 Å². The Hall–Kier alpha value is -2.60. The summed E-state index contributed by atoms with van der Waals surface area (Å²) < 4.78 is 70.7. The van der Waals surface area contributed by atoms with E-state index in [4.69, 9.17) is 23.7 Å². The van der Waals surface area contributed by atoms with Gasteiger partial charge in [0.1, 0.15) is 36.7 Å². The van der Waals surface area contributed by atoms with Crippen molar-refractivity contribution in [2.45, 2.75) is 204 Å². The Bertz CT molecular complexity index is 2070. The molecule has 4 heterocycles. The molecule has 1 amide bonds. The van der Waals surface area contributed by atoms with Gasteiger partial charge in [-0.2, -0.15) is 0 Å². The third-order valence-corrected chi connectivity index (χ3v) is 18.8. The van der Waals surface area contributed by atoms with Crippen LogP contribution in [0.25, 0.3) is 0 Å². The molecule has 1 aromatic rings. The van der Waals surface area contributed by atoms with Gasteiger partial charge < -0.3 is 69.2 Å². The van der Waals surface area contributed by atoms with E-state index in [0.29, 0.717) is 32.5 Å². The van der Waals surface area contributed by atoms with Gasteiger partial charge in [-0.1, -0.05) is 39.8 Å². The van der Waals surface area contributed by atoms with Crippen LogP contribution in [0.4, 0.5) is 10.1 Å². The lowest BCUT2D eigenvalue weighted by Gasteiger charge is -2.51. The van der Waals surface area contributed by atoms with Crippen molar-refractivity contribution < 1.29 is 71.6 Å². The number of esters is 1. The summed E-state index contributed by atoms with van der Waals surface area (Å²) in [6.45, 7) is 18.4. The molecular weight excluding hydrogens is 980 g/mol. The first kappa shape index (κ1) is 62.2. The second-order valence-corrected chi connectivity index (χ2v) is 25.6. The number of nitrogens with zero attached hydrogens (tertiary/aromatic N) is 3. The Morgan fingerprint density at radius 1 is 0.986 bits per heavy atom. The first-order chi connectivity index (χ1) is 34.5. The van der Waals surface area contributed by atoms with Crippen LogP contribution >= 0.6 is 0 Å². The molecule has 4 fully saturated rings. The minimum absolute atomic E-state index is 0.00300. The number of amides is 1. The van der Waals surface area contributed by atoms with E-state index in [9.17, 15) is 47.9 Å². The maximum Gasteiger partial charge on any atom is 0.309 e. The number of rotatable bonds is 14. The Morgan fingerprint density at radius 2 is 1.65 bits per heavy atom. The summed E-state index contributed by atoms with van der Waals surface area (Å²) in [7, 11) is 2.06. The lowest BCUT2D eigenvalue weighted by molar-refractivity contribution is -0.302. The number of anilines is 1. The summed E-state index contributed by atoms with van der Waals surface area (Å²) in [5, 5.41) is 62.8. The highest BCUT2D eigenvalue weighted by Gasteiger charge is 2.55. The van der Waals surface area contributed by atoms with Crippen molar-refractivity contribution in [1.82, 2.24) is 15.1 Å². The molecule has 0 spiro atoms. The number of cyclic esters (lactones) is 1. The number of alkyl halides is 1. The van der Waals surface area contributed by atoms with E-state index in [0.717, 1.165) is 11.3 Å². The monoisotopic (exact) mass is 1070 g/mol. The second kappa shape index (κ2) is 25.9. The van der Waals surface area contributed by atoms with Crippen LogP contribution in [0.1, 0.15) is 113 Å². The number of sulfone groups is 1. The van der Waals surface area contributed by atoms with Gasteiger partial charge in [-0.25, -0.2) is 12.8 Å². The van der Waals surface area contributed by atoms with Crippen LogP contribution in [0.15, 0.2) is 24.3 Å². The molecule has 20 heteroatoms. The highest BCUT2D eigenvalue weighted by molar-refractivity contribution is 7.91. The molecule has 74 heavy (non-hydrogen) atoms. The van der Waals surface area contributed by atoms with Crippen molar-refractivity contribution in [3.63, 3.8) is 0 Å². The fourth-order valence-corrected chi connectivity index (χ4v) is 13.7. The smallest absolute Gasteiger partial charge is 0.309 e. The van der Waals surface area contributed by atoms with Crippen LogP contribution in [-0.2, 0) is 49.5 Å². The summed E-state index contributed by atoms with van der Waals surface area (Å²) in [6.07, 6.45) is -7.37. The number of carbonyl (C=O) groups excluding carboxylic acids is 2. The highest BCUT2D eigenvalue weighted by Crippen LogP contribution is 2.45. The zero-order valence-corrected chi connectivity index (χ0v) is 47.3. The summed E-state index contributed by atoms with van der Waals surface area (Å²) in [5.74, 6) is -3.48. The Labute approximate surface area is 440 Å². The van der Waals surface area contributed by atoms with Crippen LogP contribution in [-0.4, -0.2) is 211 Å². The summed E-state index contributed by atoms with van der Waals surface area (Å²) >= 11 is 0. The third-order valence-electron chi connectivity index (χ3n) is 17.0. The maximum absolute atomic E-state index is 14.6. The molecule has 18 nitrogen and oxygen atoms in total. The number of methoxy groups -OCH3 is 1. The average molecular weight is 1070 g/mol. The molecule has 426 valence electrons. The van der Waals surface area contributed by atoms with Crippen molar-refractivity contribution >= 4 is 27.4 Å². The number of benzene rings is 1. The minimum atomic E-state index is -3.06. The SMILES string of the molecule is CC[C@H]1OC(=O)[C@H](C)[C@@H](C2C[C@@](C)(OC)[C@@H](O)[C@H](C)O2)[C@H](C)[C@@H](O[C@@H]2O[C@H](C)C[C@H](N(C)CCC(=O)N[C@H](CF)Cc3ccc(N4CCCS(=O)(=O)CC4)cc3)[C@H]2O)[C@](C)(O)C[C@@H](C)CN(C)[C@H](C)[C@@H](O)[C@]1(C)O. The number of nitrogens with one attached hydrogen (secondary N) is 1. The topological polar surface area (TPSA) is 237 Å². The predicted octanol–water partition coefficient (Wildman–Crippen LogP) is 3.26. The van der Waals surface area contributed by atoms with E-state index < -0.39 is 130 Å². The van der Waals surface area contributed by atoms with Crippen LogP contribution < -0.4 is 10.2 Å². The fourth-order valence-electron chi connectivity index (χ4n) is 12.4. The zero-order valence-electron chi connectivity index (χ0n) is 46.5. The molecule has 0 radical (unpaired) electrons. The lowest BCUT2D eigenvalue weighted by Crippen LogP contribution is -2.62. The number of aliphatic hydroxyl groups is 5. The quantitative estimate of drug-likeness (QED) is 0.147. The molecule has 0 bridgehead atoms. The molecule has 4 aliphatic rings. The number of halogens is 1. The normalized spacial score (nSPS) is 40.8. The van der Waals surface area contributed by atoms with Gasteiger partial charge in [-0.05, 0) is 117 Å². The Kier molecular flexibility index (Phi) is 21.8. The molecule has 4 aliphatic heterocycles. The summed E-state index contributed by atoms with van der Waals surface area (Å²) in [6, 6.07) is 5.59. The van der Waals surface area contributed by atoms with Crippen molar-refractivity contribution in [2.75, 3.05) is 70.5 Å². The minimum Gasteiger partial charge on any atom is -0.459 e. The highest BCUT2D eigenvalue weighted by atomic mass is 32.2. The largest absolute Gasteiger partial charge is 0.459 e. The standard InChI is InChI=1S/C54H93FN4O14S/c1-14-43-54(10,66)47(62)36(6)58(12)31-32(2)28-52(8,65)49(34(4)45(35(5)50(64)72-43)42-29-53(9,69-13)48(63)37(7)71-42)73-51-46(61)41(26-33(3)70-51)57(11)22-20-44(60)56-39(30-55)27-38-16-18-40(19-17-38)59-21-15-24-74(67,68)25-23-59/h16-19,32-37,39,41-43,45-49,51,61-63,65-66H,14-15,20-31H2,1-13H3,(H,56,60)/t32-,33-,34+,35-,36-,37+,39+,41+,42?,43-,45+,46-,47-,48+,49-,51+,52-,53-,54-/m1/s1. The molecule has 1 aromatic carbocycles. The van der Waals surface area contributed by atoms with Crippen molar-refractivity contribution in [2.24, 2.45) is 23.7 Å². The molecule has 0 aliphatic carbocycles. The molecular formula is C54H93FN4O14S. The number of aliphatic hydroxyl groups excluding tert-OH is 3. The maximum atomic E-state index is 14.6. The van der Waals surface area contributed by atoms with E-state index >= 15 is 0 Å². The Balaban J connectivity index is 1.37. The predicted molar refractivity (Wildman–Crippen MR) is 280 cm³/mol. The molecule has 5 rings (SSSR count). The van der Waals surface area contributed by atoms with Crippen LogP contribution in [0, 0.1) is 23.7 Å². The fraction of sp³-hybridized carbons (Fsp3) is 0.852. The van der Waals surface area contributed by atoms with Crippen molar-refractivity contribution in [1.29, 1.82) is 0 Å². The second-order valence-electron chi connectivity index (χ2n) is 23.3. The molecule has 19 atom stereocenters. The van der Waals surface area contributed by atoms with Gasteiger partial charge in [-0.3, -0.25) is 9.59 Å². The molecule has 1 unspecified atom stereocenters. The van der Waals surface area contributed by atoms with E-state index in [1.807, 2.05) is 66.8 Å². The van der Waals surface area contributed by atoms with Crippen molar-refractivity contribution in [3.8, 4) is 0 Å². The molecule has 4 saturated heterocycles. The summed E-state index contributed by atoms with van der Waals surface area (Å²) in [4.78, 5) is 33.8. The van der Waals surface area contributed by atoms with Gasteiger partial charge in [-0.15, -0.1) is 0 Å².